The molecule has 0 heterocycles. The van der Waals surface area contributed by atoms with Crippen molar-refractivity contribution in [3.63, 3.8) is 0 Å². The maximum Gasteiger partial charge on any atom is 0.508 e. The third-order valence-electron chi connectivity index (χ3n) is 1.79. The van der Waals surface area contributed by atoms with Crippen LogP contribution in [0.3, 0.4) is 0 Å². The van der Waals surface area contributed by atoms with E-state index in [4.69, 9.17) is 35.7 Å². The summed E-state index contributed by atoms with van der Waals surface area (Å²) >= 11 is 0. The summed E-state index contributed by atoms with van der Waals surface area (Å²) in [6, 6.07) is 0. The first kappa shape index (κ1) is 15.0. The van der Waals surface area contributed by atoms with E-state index in [2.05, 4.69) is 4.74 Å². The zero-order chi connectivity index (χ0) is 12.9. The van der Waals surface area contributed by atoms with E-state index in [1.165, 1.54) is 0 Å². The van der Waals surface area contributed by atoms with Crippen LogP contribution in [-0.4, -0.2) is 79.2 Å². The first-order chi connectivity index (χ1) is 7.31. The van der Waals surface area contributed by atoms with Gasteiger partial charge < -0.3 is 40.5 Å². The summed E-state index contributed by atoms with van der Waals surface area (Å²) in [6.45, 7) is -0.888. The van der Waals surface area contributed by atoms with E-state index in [9.17, 15) is 4.79 Å². The fourth-order valence-corrected chi connectivity index (χ4v) is 0.879. The van der Waals surface area contributed by atoms with Crippen molar-refractivity contribution in [2.45, 2.75) is 30.7 Å². The van der Waals surface area contributed by atoms with Gasteiger partial charge in [0.1, 0.15) is 24.4 Å². The number of carbonyl (C=O) groups is 1. The Hall–Kier alpha value is -0.970. The summed E-state index contributed by atoms with van der Waals surface area (Å²) in [7, 11) is 0. The largest absolute Gasteiger partial charge is 0.508 e. The lowest BCUT2D eigenvalue weighted by molar-refractivity contribution is -0.195. The van der Waals surface area contributed by atoms with Crippen LogP contribution in [0, 0.1) is 0 Å². The van der Waals surface area contributed by atoms with Crippen LogP contribution in [0.2, 0.25) is 0 Å². The van der Waals surface area contributed by atoms with Crippen LogP contribution in [-0.2, 0) is 4.74 Å². The summed E-state index contributed by atoms with van der Waals surface area (Å²) in [6.07, 6.45) is -12.1. The number of ether oxygens (including phenoxy) is 1. The number of aliphatic hydroxyl groups is 6. The fraction of sp³-hybridized carbons (Fsp3) is 0.857. The minimum Gasteiger partial charge on any atom is -0.450 e. The topological polar surface area (TPSA) is 168 Å². The normalized spacial score (nSPS) is 20.6. The van der Waals surface area contributed by atoms with Crippen LogP contribution >= 0.6 is 0 Å². The number of hydrogen-bond donors (Lipinski definition) is 7. The van der Waals surface area contributed by atoms with E-state index in [-0.39, 0.29) is 0 Å². The molecule has 5 atom stereocenters. The van der Waals surface area contributed by atoms with Crippen LogP contribution in [0.5, 0.6) is 0 Å². The van der Waals surface area contributed by atoms with Gasteiger partial charge in [-0.15, -0.1) is 0 Å². The second kappa shape index (κ2) is 6.58. The molecule has 9 heteroatoms. The predicted molar refractivity (Wildman–Crippen MR) is 46.2 cm³/mol. The van der Waals surface area contributed by atoms with Gasteiger partial charge in [0.05, 0.1) is 6.61 Å². The van der Waals surface area contributed by atoms with E-state index in [1.54, 1.807) is 0 Å². The number of rotatable bonds is 6. The minimum absolute atomic E-state index is 0.888. The lowest BCUT2D eigenvalue weighted by Gasteiger charge is -2.27. The molecule has 0 aromatic heterocycles. The van der Waals surface area contributed by atoms with Gasteiger partial charge in [-0.25, -0.2) is 4.79 Å². The van der Waals surface area contributed by atoms with Crippen molar-refractivity contribution in [3.05, 3.63) is 0 Å². The van der Waals surface area contributed by atoms with Gasteiger partial charge >= 0.3 is 6.16 Å². The Morgan fingerprint density at radius 1 is 1.00 bits per heavy atom. The highest BCUT2D eigenvalue weighted by Crippen LogP contribution is 2.09. The second-order valence-electron chi connectivity index (χ2n) is 3.00. The Bertz CT molecular complexity index is 220. The van der Waals surface area contributed by atoms with Crippen LogP contribution in [0.25, 0.3) is 0 Å². The molecule has 16 heavy (non-hydrogen) atoms. The average Bonchev–Trinajstić information content (AvgIpc) is 2.23. The molecule has 0 bridgehead atoms. The monoisotopic (exact) mass is 242 g/mol. The van der Waals surface area contributed by atoms with E-state index < -0.39 is 43.5 Å². The minimum atomic E-state index is -2.28. The SMILES string of the molecule is O=C(O)OC(O)[C@@H](O)[C@@H](O)[C@H](O)[C@H](O)CO. The van der Waals surface area contributed by atoms with Crippen LogP contribution in [0.1, 0.15) is 0 Å². The first-order valence-electron chi connectivity index (χ1n) is 4.22. The summed E-state index contributed by atoms with van der Waals surface area (Å²) in [5, 5.41) is 61.7. The number of aliphatic hydroxyl groups excluding tert-OH is 6. The lowest BCUT2D eigenvalue weighted by Crippen LogP contribution is -2.50. The summed E-state index contributed by atoms with van der Waals surface area (Å²) in [5.74, 6) is 0. The Morgan fingerprint density at radius 2 is 1.50 bits per heavy atom. The maximum absolute atomic E-state index is 9.97. The van der Waals surface area contributed by atoms with Gasteiger partial charge in [0.15, 0.2) is 0 Å². The molecule has 0 radical (unpaired) electrons. The zero-order valence-corrected chi connectivity index (χ0v) is 8.04. The van der Waals surface area contributed by atoms with Gasteiger partial charge in [0, 0.05) is 0 Å². The Labute approximate surface area is 89.8 Å². The van der Waals surface area contributed by atoms with Crippen molar-refractivity contribution in [1.82, 2.24) is 0 Å². The molecular weight excluding hydrogens is 228 g/mol. The third-order valence-corrected chi connectivity index (χ3v) is 1.79. The van der Waals surface area contributed by atoms with Gasteiger partial charge in [-0.3, -0.25) is 0 Å². The zero-order valence-electron chi connectivity index (χ0n) is 8.04. The molecule has 7 N–H and O–H groups in total. The molecule has 0 fully saturated rings. The number of hydrogen-bond acceptors (Lipinski definition) is 8. The Balaban J connectivity index is 4.35. The van der Waals surface area contributed by atoms with Crippen molar-refractivity contribution in [1.29, 1.82) is 0 Å². The molecule has 0 aromatic rings. The molecule has 0 rings (SSSR count). The first-order valence-corrected chi connectivity index (χ1v) is 4.22. The average molecular weight is 242 g/mol. The van der Waals surface area contributed by atoms with Gasteiger partial charge in [-0.2, -0.15) is 0 Å². The molecule has 0 saturated heterocycles. The van der Waals surface area contributed by atoms with Crippen LogP contribution in [0.15, 0.2) is 0 Å². The highest BCUT2D eigenvalue weighted by Gasteiger charge is 2.35. The van der Waals surface area contributed by atoms with E-state index >= 15 is 0 Å². The van der Waals surface area contributed by atoms with Gasteiger partial charge in [-0.1, -0.05) is 0 Å². The number of carboxylic acid groups (broad SMARTS) is 1. The molecule has 9 nitrogen and oxygen atoms in total. The van der Waals surface area contributed by atoms with Crippen molar-refractivity contribution in [3.8, 4) is 0 Å². The molecule has 0 aliphatic heterocycles. The molecule has 0 saturated carbocycles. The Morgan fingerprint density at radius 3 is 1.88 bits per heavy atom. The predicted octanol–water partition coefficient (Wildman–Crippen LogP) is -3.56. The third kappa shape index (κ3) is 4.26. The molecule has 0 amide bonds. The van der Waals surface area contributed by atoms with E-state index in [1.807, 2.05) is 0 Å². The Kier molecular flexibility index (Phi) is 6.18. The highest BCUT2D eigenvalue weighted by molar-refractivity contribution is 5.56. The van der Waals surface area contributed by atoms with Crippen molar-refractivity contribution in [2.75, 3.05) is 6.61 Å². The molecule has 0 aliphatic carbocycles. The lowest BCUT2D eigenvalue weighted by atomic mass is 10.0. The van der Waals surface area contributed by atoms with E-state index in [0.717, 1.165) is 0 Å². The fourth-order valence-electron chi connectivity index (χ4n) is 0.879. The standard InChI is InChI=1S/C7H14O9/c8-1-2(9)3(10)4(11)5(12)6(13)16-7(14)15/h2-6,8-13H,1H2,(H,14,15)/t2-,3-,4+,5+,6?/m1/s1. The molecule has 1 unspecified atom stereocenters. The van der Waals surface area contributed by atoms with Crippen molar-refractivity contribution >= 4 is 6.16 Å². The molecular formula is C7H14O9. The van der Waals surface area contributed by atoms with Crippen LogP contribution < -0.4 is 0 Å². The van der Waals surface area contributed by atoms with Crippen molar-refractivity contribution < 1.29 is 45.3 Å². The summed E-state index contributed by atoms with van der Waals surface area (Å²) < 4.78 is 3.70. The molecule has 96 valence electrons. The second-order valence-corrected chi connectivity index (χ2v) is 3.00. The summed E-state index contributed by atoms with van der Waals surface area (Å²) in [4.78, 5) is 9.97. The maximum atomic E-state index is 9.97. The van der Waals surface area contributed by atoms with Gasteiger partial charge in [0.2, 0.25) is 6.29 Å². The van der Waals surface area contributed by atoms with Crippen molar-refractivity contribution in [2.24, 2.45) is 0 Å². The molecule has 0 aliphatic rings. The molecule has 0 spiro atoms. The molecule has 0 aromatic carbocycles. The van der Waals surface area contributed by atoms with E-state index in [0.29, 0.717) is 0 Å². The van der Waals surface area contributed by atoms with Crippen LogP contribution in [0.4, 0.5) is 4.79 Å². The highest BCUT2D eigenvalue weighted by atomic mass is 16.7. The van der Waals surface area contributed by atoms with Gasteiger partial charge in [0.25, 0.3) is 0 Å². The van der Waals surface area contributed by atoms with Gasteiger partial charge in [-0.05, 0) is 0 Å². The quantitative estimate of drug-likeness (QED) is 0.184. The smallest absolute Gasteiger partial charge is 0.450 e. The summed E-state index contributed by atoms with van der Waals surface area (Å²) in [5.41, 5.74) is 0.